The number of rotatable bonds is 4. The first-order chi connectivity index (χ1) is 9.63. The van der Waals surface area contributed by atoms with Gasteiger partial charge in [0, 0.05) is 24.2 Å². The van der Waals surface area contributed by atoms with E-state index in [4.69, 9.17) is 9.47 Å². The Morgan fingerprint density at radius 2 is 1.86 bits per heavy atom. The molecule has 1 heterocycles. The molecule has 1 saturated heterocycles. The number of methoxy groups -OCH3 is 2. The molecule has 0 aliphatic carbocycles. The molecule has 0 radical (unpaired) electrons. The Balaban J connectivity index is 0.00000220. The lowest BCUT2D eigenvalue weighted by molar-refractivity contribution is 0.0914. The van der Waals surface area contributed by atoms with Gasteiger partial charge in [-0.25, -0.2) is 0 Å². The van der Waals surface area contributed by atoms with Gasteiger partial charge in [0.1, 0.15) is 11.5 Å². The van der Waals surface area contributed by atoms with Gasteiger partial charge in [0.25, 0.3) is 5.91 Å². The Labute approximate surface area is 131 Å². The van der Waals surface area contributed by atoms with Crippen LogP contribution >= 0.6 is 12.4 Å². The van der Waals surface area contributed by atoms with Gasteiger partial charge >= 0.3 is 0 Å². The highest BCUT2D eigenvalue weighted by Gasteiger charge is 2.23. The topological polar surface area (TPSA) is 59.6 Å². The first kappa shape index (κ1) is 17.6. The van der Waals surface area contributed by atoms with E-state index in [1.54, 1.807) is 32.4 Å². The summed E-state index contributed by atoms with van der Waals surface area (Å²) in [5.41, 5.74) is 0.555. The van der Waals surface area contributed by atoms with E-state index in [-0.39, 0.29) is 24.4 Å². The molecule has 0 aromatic heterocycles. The highest BCUT2D eigenvalue weighted by molar-refractivity contribution is 5.95. The van der Waals surface area contributed by atoms with E-state index >= 15 is 0 Å². The number of amides is 1. The Kier molecular flexibility index (Phi) is 6.78. The lowest BCUT2D eigenvalue weighted by atomic mass is 9.94. The molecule has 21 heavy (non-hydrogen) atoms. The Morgan fingerprint density at radius 1 is 1.24 bits per heavy atom. The summed E-state index contributed by atoms with van der Waals surface area (Å²) in [5.74, 6) is 1.61. The molecule has 2 N–H and O–H groups in total. The number of carbonyl (C=O) groups excluding carboxylic acids is 1. The third kappa shape index (κ3) is 4.51. The maximum Gasteiger partial charge on any atom is 0.251 e. The van der Waals surface area contributed by atoms with Gasteiger partial charge in [-0.15, -0.1) is 12.4 Å². The molecule has 1 amide bonds. The molecule has 118 valence electrons. The van der Waals surface area contributed by atoms with Crippen LogP contribution in [0.3, 0.4) is 0 Å². The Bertz CT molecular complexity index is 460. The molecule has 2 unspecified atom stereocenters. The number of hydrogen-bond acceptors (Lipinski definition) is 4. The van der Waals surface area contributed by atoms with Crippen LogP contribution in [-0.2, 0) is 0 Å². The average molecular weight is 315 g/mol. The number of benzene rings is 1. The molecule has 0 spiro atoms. The largest absolute Gasteiger partial charge is 0.497 e. The second kappa shape index (κ2) is 8.10. The molecular formula is C15H23ClN2O3. The molecular weight excluding hydrogens is 292 g/mol. The standard InChI is InChI=1S/C15H22N2O3.ClH/c1-10-4-5-16-9-14(10)17-15(18)11-6-12(19-2)8-13(7-11)20-3;/h6-8,10,14,16H,4-5,9H2,1-3H3,(H,17,18);1H. The maximum atomic E-state index is 12.3. The molecule has 0 saturated carbocycles. The third-order valence-electron chi connectivity index (χ3n) is 3.76. The van der Waals surface area contributed by atoms with Gasteiger partial charge in [-0.3, -0.25) is 4.79 Å². The minimum atomic E-state index is -0.0947. The van der Waals surface area contributed by atoms with E-state index in [9.17, 15) is 4.79 Å². The smallest absolute Gasteiger partial charge is 0.251 e. The summed E-state index contributed by atoms with van der Waals surface area (Å²) in [6.07, 6.45) is 1.08. The average Bonchev–Trinajstić information content (AvgIpc) is 2.48. The summed E-state index contributed by atoms with van der Waals surface area (Å²) in [5, 5.41) is 6.38. The molecule has 2 rings (SSSR count). The first-order valence-electron chi connectivity index (χ1n) is 6.88. The van der Waals surface area contributed by atoms with Crippen LogP contribution in [0.1, 0.15) is 23.7 Å². The monoisotopic (exact) mass is 314 g/mol. The van der Waals surface area contributed by atoms with E-state index in [1.807, 2.05) is 0 Å². The summed E-state index contributed by atoms with van der Waals surface area (Å²) in [7, 11) is 3.15. The van der Waals surface area contributed by atoms with Crippen LogP contribution in [0.15, 0.2) is 18.2 Å². The van der Waals surface area contributed by atoms with Crippen molar-refractivity contribution in [2.24, 2.45) is 5.92 Å². The van der Waals surface area contributed by atoms with Gasteiger partial charge in [-0.1, -0.05) is 6.92 Å². The molecule has 1 fully saturated rings. The molecule has 0 bridgehead atoms. The normalized spacial score (nSPS) is 21.1. The van der Waals surface area contributed by atoms with Crippen molar-refractivity contribution in [1.29, 1.82) is 0 Å². The van der Waals surface area contributed by atoms with E-state index in [0.717, 1.165) is 19.5 Å². The van der Waals surface area contributed by atoms with E-state index in [1.165, 1.54) is 0 Å². The summed E-state index contributed by atoms with van der Waals surface area (Å²) < 4.78 is 10.4. The predicted molar refractivity (Wildman–Crippen MR) is 84.7 cm³/mol. The van der Waals surface area contributed by atoms with Gasteiger partial charge < -0.3 is 20.1 Å². The molecule has 2 atom stereocenters. The zero-order chi connectivity index (χ0) is 14.5. The van der Waals surface area contributed by atoms with Gasteiger partial charge in [-0.05, 0) is 31.0 Å². The van der Waals surface area contributed by atoms with Crippen LogP contribution in [0.2, 0.25) is 0 Å². The van der Waals surface area contributed by atoms with Gasteiger partial charge in [0.2, 0.25) is 0 Å². The van der Waals surface area contributed by atoms with Crippen molar-refractivity contribution in [3.05, 3.63) is 23.8 Å². The van der Waals surface area contributed by atoms with Crippen LogP contribution in [0.5, 0.6) is 11.5 Å². The van der Waals surface area contributed by atoms with Gasteiger partial charge in [0.15, 0.2) is 0 Å². The summed E-state index contributed by atoms with van der Waals surface area (Å²) in [4.78, 5) is 12.3. The molecule has 1 aliphatic heterocycles. The second-order valence-corrected chi connectivity index (χ2v) is 5.15. The third-order valence-corrected chi connectivity index (χ3v) is 3.76. The molecule has 6 heteroatoms. The fourth-order valence-electron chi connectivity index (χ4n) is 2.37. The fraction of sp³-hybridized carbons (Fsp3) is 0.533. The van der Waals surface area contributed by atoms with Crippen LogP contribution < -0.4 is 20.1 Å². The van der Waals surface area contributed by atoms with E-state index < -0.39 is 0 Å². The number of halogens is 1. The zero-order valence-electron chi connectivity index (χ0n) is 12.6. The maximum absolute atomic E-state index is 12.3. The lowest BCUT2D eigenvalue weighted by Gasteiger charge is -2.30. The van der Waals surface area contributed by atoms with Crippen molar-refractivity contribution >= 4 is 18.3 Å². The first-order valence-corrected chi connectivity index (χ1v) is 6.88. The number of ether oxygens (including phenoxy) is 2. The number of nitrogens with one attached hydrogen (secondary N) is 2. The highest BCUT2D eigenvalue weighted by atomic mass is 35.5. The predicted octanol–water partition coefficient (Wildman–Crippen LogP) is 1.85. The minimum Gasteiger partial charge on any atom is -0.497 e. The van der Waals surface area contributed by atoms with E-state index in [2.05, 4.69) is 17.6 Å². The van der Waals surface area contributed by atoms with Crippen molar-refractivity contribution in [2.45, 2.75) is 19.4 Å². The SMILES string of the molecule is COc1cc(OC)cc(C(=O)NC2CNCCC2C)c1.Cl. The van der Waals surface area contributed by atoms with Gasteiger partial charge in [-0.2, -0.15) is 0 Å². The minimum absolute atomic E-state index is 0. The molecule has 5 nitrogen and oxygen atoms in total. The van der Waals surface area contributed by atoms with Crippen molar-refractivity contribution in [2.75, 3.05) is 27.3 Å². The van der Waals surface area contributed by atoms with Crippen LogP contribution in [0, 0.1) is 5.92 Å². The van der Waals surface area contributed by atoms with Crippen molar-refractivity contribution in [3.63, 3.8) is 0 Å². The molecule has 1 aromatic carbocycles. The van der Waals surface area contributed by atoms with Crippen molar-refractivity contribution in [3.8, 4) is 11.5 Å². The lowest BCUT2D eigenvalue weighted by Crippen LogP contribution is -2.50. The summed E-state index contributed by atoms with van der Waals surface area (Å²) >= 11 is 0. The second-order valence-electron chi connectivity index (χ2n) is 5.15. The molecule has 1 aromatic rings. The summed E-state index contributed by atoms with van der Waals surface area (Å²) in [6.45, 7) is 3.99. The quantitative estimate of drug-likeness (QED) is 0.890. The van der Waals surface area contributed by atoms with Crippen LogP contribution in [0.25, 0.3) is 0 Å². The number of piperidine rings is 1. The Hall–Kier alpha value is -1.46. The van der Waals surface area contributed by atoms with Crippen LogP contribution in [0.4, 0.5) is 0 Å². The molecule has 1 aliphatic rings. The zero-order valence-corrected chi connectivity index (χ0v) is 13.5. The fourth-order valence-corrected chi connectivity index (χ4v) is 2.37. The van der Waals surface area contributed by atoms with Crippen molar-refractivity contribution in [1.82, 2.24) is 10.6 Å². The highest BCUT2D eigenvalue weighted by Crippen LogP contribution is 2.23. The summed E-state index contributed by atoms with van der Waals surface area (Å²) in [6, 6.07) is 5.35. The van der Waals surface area contributed by atoms with Crippen molar-refractivity contribution < 1.29 is 14.3 Å². The van der Waals surface area contributed by atoms with Gasteiger partial charge in [0.05, 0.1) is 14.2 Å². The van der Waals surface area contributed by atoms with E-state index in [0.29, 0.717) is 23.0 Å². The number of carbonyl (C=O) groups is 1. The van der Waals surface area contributed by atoms with Crippen LogP contribution in [-0.4, -0.2) is 39.3 Å². The Morgan fingerprint density at radius 3 is 2.38 bits per heavy atom. The number of hydrogen-bond donors (Lipinski definition) is 2.